The number of benzene rings is 1. The van der Waals surface area contributed by atoms with Crippen LogP contribution in [0, 0.1) is 6.92 Å². The molecule has 1 N–H and O–H groups in total. The first-order valence-electron chi connectivity index (χ1n) is 10.6. The lowest BCUT2D eigenvalue weighted by Gasteiger charge is -2.33. The average molecular weight is 455 g/mol. The van der Waals surface area contributed by atoms with Gasteiger partial charge in [-0.25, -0.2) is 4.98 Å². The predicted molar refractivity (Wildman–Crippen MR) is 125 cm³/mol. The second-order valence-corrected chi connectivity index (χ2v) is 9.03. The van der Waals surface area contributed by atoms with Gasteiger partial charge in [-0.3, -0.25) is 19.0 Å². The van der Waals surface area contributed by atoms with Crippen molar-refractivity contribution < 1.29 is 14.3 Å². The van der Waals surface area contributed by atoms with Crippen molar-refractivity contribution in [2.75, 3.05) is 19.0 Å². The normalized spacial score (nSPS) is 16.2. The van der Waals surface area contributed by atoms with Crippen molar-refractivity contribution >= 4 is 39.1 Å². The number of aromatic nitrogens is 2. The minimum absolute atomic E-state index is 0.0489. The first-order chi connectivity index (χ1) is 15.4. The summed E-state index contributed by atoms with van der Waals surface area (Å²) >= 11 is 1.17. The van der Waals surface area contributed by atoms with Crippen LogP contribution in [0.4, 0.5) is 5.69 Å². The number of likely N-dealkylation sites (tertiary alicyclic amines) is 1. The van der Waals surface area contributed by atoms with E-state index in [9.17, 15) is 14.4 Å². The fourth-order valence-corrected chi connectivity index (χ4v) is 5.12. The molecule has 1 aliphatic heterocycles. The van der Waals surface area contributed by atoms with Crippen molar-refractivity contribution in [2.45, 2.75) is 45.7 Å². The summed E-state index contributed by atoms with van der Waals surface area (Å²) in [5, 5.41) is 3.23. The molecular formula is C23H26N4O4S. The van der Waals surface area contributed by atoms with Gasteiger partial charge in [-0.15, -0.1) is 11.3 Å². The van der Waals surface area contributed by atoms with Gasteiger partial charge in [-0.2, -0.15) is 0 Å². The van der Waals surface area contributed by atoms with Gasteiger partial charge in [0.1, 0.15) is 17.1 Å². The lowest BCUT2D eigenvalue weighted by atomic mass is 10.0. The van der Waals surface area contributed by atoms with Gasteiger partial charge in [-0.05, 0) is 50.8 Å². The highest BCUT2D eigenvalue weighted by molar-refractivity contribution is 7.20. The van der Waals surface area contributed by atoms with E-state index in [-0.39, 0.29) is 30.0 Å². The number of aryl methyl sites for hydroxylation is 1. The van der Waals surface area contributed by atoms with Gasteiger partial charge in [0, 0.05) is 24.3 Å². The highest BCUT2D eigenvalue weighted by Gasteiger charge is 2.25. The Kier molecular flexibility index (Phi) is 6.27. The van der Waals surface area contributed by atoms with Crippen molar-refractivity contribution in [3.63, 3.8) is 0 Å². The van der Waals surface area contributed by atoms with Crippen LogP contribution in [0.3, 0.4) is 0 Å². The minimum atomic E-state index is -0.317. The molecule has 0 aliphatic carbocycles. The molecule has 0 saturated carbocycles. The van der Waals surface area contributed by atoms with Gasteiger partial charge in [0.15, 0.2) is 0 Å². The number of thiophene rings is 1. The Balaban J connectivity index is 1.60. The lowest BCUT2D eigenvalue weighted by molar-refractivity contribution is -0.135. The van der Waals surface area contributed by atoms with Crippen LogP contribution in [0.5, 0.6) is 5.75 Å². The molecule has 0 unspecified atom stereocenters. The zero-order chi connectivity index (χ0) is 22.8. The van der Waals surface area contributed by atoms with Gasteiger partial charge in [0.25, 0.3) is 11.5 Å². The molecular weight excluding hydrogens is 428 g/mol. The van der Waals surface area contributed by atoms with Gasteiger partial charge in [0.05, 0.1) is 23.7 Å². The first kappa shape index (κ1) is 22.0. The topological polar surface area (TPSA) is 93.5 Å². The minimum Gasteiger partial charge on any atom is -0.497 e. The monoisotopic (exact) mass is 454 g/mol. The Morgan fingerprint density at radius 3 is 2.88 bits per heavy atom. The highest BCUT2D eigenvalue weighted by Crippen LogP contribution is 2.28. The molecule has 3 aromatic rings. The van der Waals surface area contributed by atoms with Gasteiger partial charge in [-0.1, -0.05) is 6.07 Å². The maximum absolute atomic E-state index is 13.1. The molecule has 0 spiro atoms. The van der Waals surface area contributed by atoms with Crippen molar-refractivity contribution in [1.29, 1.82) is 0 Å². The quantitative estimate of drug-likeness (QED) is 0.638. The van der Waals surface area contributed by atoms with E-state index in [0.717, 1.165) is 25.8 Å². The third-order valence-electron chi connectivity index (χ3n) is 5.88. The molecule has 8 nitrogen and oxygen atoms in total. The van der Waals surface area contributed by atoms with Crippen LogP contribution >= 0.6 is 11.3 Å². The Labute approximate surface area is 189 Å². The number of ether oxygens (including phenoxy) is 1. The molecule has 1 aliphatic rings. The summed E-state index contributed by atoms with van der Waals surface area (Å²) in [5.41, 5.74) is 0.857. The summed E-state index contributed by atoms with van der Waals surface area (Å²) in [6.07, 6.45) is 4.48. The number of hydrogen-bond acceptors (Lipinski definition) is 6. The summed E-state index contributed by atoms with van der Waals surface area (Å²) in [5.74, 6) is 0.236. The number of nitrogens with zero attached hydrogens (tertiary/aromatic N) is 3. The van der Waals surface area contributed by atoms with Gasteiger partial charge >= 0.3 is 0 Å². The van der Waals surface area contributed by atoms with E-state index >= 15 is 0 Å². The van der Waals surface area contributed by atoms with Gasteiger partial charge < -0.3 is 15.0 Å². The largest absolute Gasteiger partial charge is 0.497 e. The molecule has 1 aromatic carbocycles. The van der Waals surface area contributed by atoms with Crippen molar-refractivity contribution in [1.82, 2.24) is 14.5 Å². The van der Waals surface area contributed by atoms with E-state index in [1.54, 1.807) is 38.3 Å². The average Bonchev–Trinajstić information content (AvgIpc) is 3.13. The van der Waals surface area contributed by atoms with Crippen molar-refractivity contribution in [3.8, 4) is 5.75 Å². The second-order valence-electron chi connectivity index (χ2n) is 8.03. The molecule has 1 fully saturated rings. The Morgan fingerprint density at radius 1 is 1.31 bits per heavy atom. The maximum Gasteiger partial charge on any atom is 0.266 e. The summed E-state index contributed by atoms with van der Waals surface area (Å²) in [6, 6.07) is 7.24. The van der Waals surface area contributed by atoms with E-state index in [0.29, 0.717) is 32.1 Å². The number of nitrogens with one attached hydrogen (secondary N) is 1. The Bertz CT molecular complexity index is 1230. The molecule has 168 valence electrons. The third-order valence-corrected chi connectivity index (χ3v) is 7.08. The van der Waals surface area contributed by atoms with E-state index in [2.05, 4.69) is 10.3 Å². The van der Waals surface area contributed by atoms with Crippen LogP contribution in [0.1, 0.15) is 41.4 Å². The lowest BCUT2D eigenvalue weighted by Crippen LogP contribution is -2.44. The zero-order valence-electron chi connectivity index (χ0n) is 18.4. The summed E-state index contributed by atoms with van der Waals surface area (Å²) in [4.78, 5) is 45.9. The highest BCUT2D eigenvalue weighted by atomic mass is 32.1. The molecule has 0 radical (unpaired) electrons. The third kappa shape index (κ3) is 4.25. The molecule has 9 heteroatoms. The SMILES string of the molecule is COc1cccc(NC(=O)c2sc3ncn(CC(=O)N4CCCC[C@@H]4C)c(=O)c3c2C)c1. The summed E-state index contributed by atoms with van der Waals surface area (Å²) in [6.45, 7) is 4.45. The fraction of sp³-hybridized carbons (Fsp3) is 0.391. The number of methoxy groups -OCH3 is 1. The number of piperidine rings is 1. The molecule has 3 heterocycles. The number of fused-ring (bicyclic) bond motifs is 1. The van der Waals surface area contributed by atoms with Crippen LogP contribution in [-0.4, -0.2) is 46.0 Å². The van der Waals surface area contributed by atoms with E-state index in [1.807, 2.05) is 11.8 Å². The standard InChI is InChI=1S/C23H26N4O4S/c1-14-7-4-5-10-27(14)18(28)12-26-13-24-22-19(23(26)30)15(2)20(32-22)21(29)25-16-8-6-9-17(11-16)31-3/h6,8-9,11,13-14H,4-5,7,10,12H2,1-3H3,(H,25,29)/t14-/m0/s1. The van der Waals surface area contributed by atoms with Crippen LogP contribution in [0.2, 0.25) is 0 Å². The van der Waals surface area contributed by atoms with E-state index < -0.39 is 0 Å². The fourth-order valence-electron chi connectivity index (χ4n) is 4.08. The van der Waals surface area contributed by atoms with Gasteiger partial charge in [0.2, 0.25) is 5.91 Å². The number of anilines is 1. The Hall–Kier alpha value is -3.20. The number of carbonyl (C=O) groups excluding carboxylic acids is 2. The molecule has 4 rings (SSSR count). The summed E-state index contributed by atoms with van der Waals surface area (Å²) in [7, 11) is 1.56. The van der Waals surface area contributed by atoms with Crippen molar-refractivity contribution in [2.24, 2.45) is 0 Å². The predicted octanol–water partition coefficient (Wildman–Crippen LogP) is 3.43. The van der Waals surface area contributed by atoms with Crippen LogP contribution < -0.4 is 15.6 Å². The first-order valence-corrected chi connectivity index (χ1v) is 11.4. The molecule has 0 bridgehead atoms. The van der Waals surface area contributed by atoms with Crippen LogP contribution in [0.15, 0.2) is 35.4 Å². The van der Waals surface area contributed by atoms with Crippen molar-refractivity contribution in [3.05, 3.63) is 51.4 Å². The summed E-state index contributed by atoms with van der Waals surface area (Å²) < 4.78 is 6.53. The molecule has 1 atom stereocenters. The van der Waals surface area contributed by atoms with Crippen LogP contribution in [0.25, 0.3) is 10.2 Å². The number of carbonyl (C=O) groups is 2. The number of amides is 2. The number of hydrogen-bond donors (Lipinski definition) is 1. The van der Waals surface area contributed by atoms with E-state index in [4.69, 9.17) is 4.74 Å². The van der Waals surface area contributed by atoms with Crippen LogP contribution in [-0.2, 0) is 11.3 Å². The molecule has 32 heavy (non-hydrogen) atoms. The molecule has 2 amide bonds. The van der Waals surface area contributed by atoms with E-state index in [1.165, 1.54) is 22.2 Å². The number of rotatable bonds is 5. The second kappa shape index (κ2) is 9.12. The molecule has 2 aromatic heterocycles. The maximum atomic E-state index is 13.1. The zero-order valence-corrected chi connectivity index (χ0v) is 19.2. The Morgan fingerprint density at radius 2 is 2.12 bits per heavy atom. The smallest absolute Gasteiger partial charge is 0.266 e. The molecule has 1 saturated heterocycles.